The van der Waals surface area contributed by atoms with Crippen molar-refractivity contribution in [2.24, 2.45) is 4.99 Å². The van der Waals surface area contributed by atoms with Gasteiger partial charge in [-0.3, -0.25) is 10.2 Å². The summed E-state index contributed by atoms with van der Waals surface area (Å²) in [5.41, 5.74) is 4.84. The number of hydrogen-bond acceptors (Lipinski definition) is 5. The van der Waals surface area contributed by atoms with E-state index in [2.05, 4.69) is 15.4 Å². The highest BCUT2D eigenvalue weighted by Crippen LogP contribution is 2.33. The van der Waals surface area contributed by atoms with Gasteiger partial charge >= 0.3 is 0 Å². The summed E-state index contributed by atoms with van der Waals surface area (Å²) in [5.74, 6) is 0.754. The van der Waals surface area contributed by atoms with Crippen molar-refractivity contribution in [2.75, 3.05) is 0 Å². The van der Waals surface area contributed by atoms with E-state index in [-0.39, 0.29) is 17.7 Å². The number of nitrogens with one attached hydrogen (secondary N) is 1. The third-order valence-electron chi connectivity index (χ3n) is 4.13. The van der Waals surface area contributed by atoms with Gasteiger partial charge in [0.1, 0.15) is 11.6 Å². The molecule has 1 saturated heterocycles. The predicted octanol–water partition coefficient (Wildman–Crippen LogP) is 4.18. The van der Waals surface area contributed by atoms with Crippen LogP contribution in [0, 0.1) is 0 Å². The number of aromatic nitrogens is 1. The molecule has 0 saturated carbocycles. The number of carbonyl (C=O) groups is 1. The molecule has 26 heavy (non-hydrogen) atoms. The standard InChI is InChI=1S/C18H15ClN4O2S/c1-10(24)23-15(11-2-5-13(25)6-3-11)9-17(22-23)21-18-20-14-7-4-12(19)8-16(14)26-18/h2-8,15,25H,9H2,1H3,(H,20,21,22). The molecule has 3 aromatic rings. The molecule has 132 valence electrons. The Balaban J connectivity index is 1.65. The van der Waals surface area contributed by atoms with Crippen LogP contribution in [-0.2, 0) is 4.79 Å². The minimum Gasteiger partial charge on any atom is -0.508 e. The van der Waals surface area contributed by atoms with Gasteiger partial charge in [-0.15, -0.1) is 0 Å². The van der Waals surface area contributed by atoms with Crippen molar-refractivity contribution < 1.29 is 9.90 Å². The molecule has 1 aromatic heterocycles. The number of hydrogen-bond donors (Lipinski definition) is 2. The second kappa shape index (κ2) is 6.59. The molecular formula is C18H15ClN4O2S. The SMILES string of the molecule is CC(=O)N1NC(=Nc2nc3ccc(Cl)cc3s2)CC1c1ccc(O)cc1. The number of amidine groups is 1. The molecule has 1 atom stereocenters. The van der Waals surface area contributed by atoms with E-state index in [0.29, 0.717) is 22.4 Å². The molecule has 4 rings (SSSR count). The van der Waals surface area contributed by atoms with E-state index in [0.717, 1.165) is 15.8 Å². The van der Waals surface area contributed by atoms with E-state index in [4.69, 9.17) is 11.6 Å². The molecule has 2 heterocycles. The van der Waals surface area contributed by atoms with Crippen LogP contribution in [0.2, 0.25) is 5.02 Å². The molecule has 0 bridgehead atoms. The molecule has 1 fully saturated rings. The lowest BCUT2D eigenvalue weighted by molar-refractivity contribution is -0.132. The summed E-state index contributed by atoms with van der Waals surface area (Å²) in [7, 11) is 0. The molecule has 1 aliphatic rings. The number of phenols is 1. The molecule has 1 amide bonds. The first kappa shape index (κ1) is 16.8. The monoisotopic (exact) mass is 386 g/mol. The lowest BCUT2D eigenvalue weighted by atomic mass is 10.0. The van der Waals surface area contributed by atoms with E-state index < -0.39 is 0 Å². The number of phenolic OH excluding ortho intramolecular Hbond substituents is 1. The van der Waals surface area contributed by atoms with Crippen LogP contribution in [0.3, 0.4) is 0 Å². The first-order chi connectivity index (χ1) is 12.5. The van der Waals surface area contributed by atoms with E-state index >= 15 is 0 Å². The van der Waals surface area contributed by atoms with Crippen LogP contribution < -0.4 is 5.43 Å². The molecule has 2 aromatic carbocycles. The van der Waals surface area contributed by atoms with E-state index in [1.54, 1.807) is 35.3 Å². The van der Waals surface area contributed by atoms with Crippen molar-refractivity contribution in [3.63, 3.8) is 0 Å². The topological polar surface area (TPSA) is 77.8 Å². The zero-order valence-electron chi connectivity index (χ0n) is 13.8. The molecule has 1 aliphatic heterocycles. The Morgan fingerprint density at radius 1 is 1.35 bits per heavy atom. The number of aliphatic imine (C=N–C) groups is 1. The van der Waals surface area contributed by atoms with Gasteiger partial charge in [-0.25, -0.2) is 15.0 Å². The highest BCUT2D eigenvalue weighted by atomic mass is 35.5. The lowest BCUT2D eigenvalue weighted by Gasteiger charge is -2.22. The van der Waals surface area contributed by atoms with Crippen molar-refractivity contribution in [3.8, 4) is 5.75 Å². The molecule has 2 N–H and O–H groups in total. The molecule has 8 heteroatoms. The van der Waals surface area contributed by atoms with Crippen LogP contribution in [-0.4, -0.2) is 26.8 Å². The molecule has 6 nitrogen and oxygen atoms in total. The Bertz CT molecular complexity index is 1020. The van der Waals surface area contributed by atoms with Crippen molar-refractivity contribution >= 4 is 50.0 Å². The second-order valence-electron chi connectivity index (χ2n) is 5.98. The van der Waals surface area contributed by atoms with Crippen LogP contribution in [0.1, 0.15) is 24.9 Å². The van der Waals surface area contributed by atoms with Gasteiger partial charge in [-0.1, -0.05) is 35.1 Å². The van der Waals surface area contributed by atoms with Crippen molar-refractivity contribution in [3.05, 3.63) is 53.1 Å². The molecule has 0 spiro atoms. The van der Waals surface area contributed by atoms with E-state index in [9.17, 15) is 9.90 Å². The van der Waals surface area contributed by atoms with Gasteiger partial charge in [0.2, 0.25) is 11.0 Å². The Morgan fingerprint density at radius 2 is 2.12 bits per heavy atom. The first-order valence-electron chi connectivity index (χ1n) is 7.98. The van der Waals surface area contributed by atoms with E-state index in [1.165, 1.54) is 18.3 Å². The fourth-order valence-corrected chi connectivity index (χ4v) is 4.06. The quantitative estimate of drug-likeness (QED) is 0.692. The van der Waals surface area contributed by atoms with Gasteiger partial charge in [0.15, 0.2) is 0 Å². The highest BCUT2D eigenvalue weighted by Gasteiger charge is 2.32. The number of rotatable bonds is 2. The van der Waals surface area contributed by atoms with Gasteiger partial charge < -0.3 is 5.11 Å². The fourth-order valence-electron chi connectivity index (χ4n) is 2.92. The van der Waals surface area contributed by atoms with Crippen molar-refractivity contribution in [1.29, 1.82) is 0 Å². The number of aromatic hydroxyl groups is 1. The normalized spacial score (nSPS) is 18.5. The number of amides is 1. The van der Waals surface area contributed by atoms with Crippen molar-refractivity contribution in [2.45, 2.75) is 19.4 Å². The summed E-state index contributed by atoms with van der Waals surface area (Å²) in [6, 6.07) is 12.2. The van der Waals surface area contributed by atoms with Crippen LogP contribution in [0.4, 0.5) is 5.13 Å². The third kappa shape index (κ3) is 3.23. The summed E-state index contributed by atoms with van der Waals surface area (Å²) < 4.78 is 0.966. The molecule has 0 radical (unpaired) electrons. The number of halogens is 1. The van der Waals surface area contributed by atoms with Gasteiger partial charge in [0.25, 0.3) is 0 Å². The van der Waals surface area contributed by atoms with Crippen LogP contribution in [0.25, 0.3) is 10.2 Å². The largest absolute Gasteiger partial charge is 0.508 e. The average Bonchev–Trinajstić information content (AvgIpc) is 3.19. The summed E-state index contributed by atoms with van der Waals surface area (Å²) in [6.07, 6.45) is 0.543. The number of nitrogens with zero attached hydrogens (tertiary/aromatic N) is 3. The van der Waals surface area contributed by atoms with Gasteiger partial charge in [-0.2, -0.15) is 0 Å². The summed E-state index contributed by atoms with van der Waals surface area (Å²) in [6.45, 7) is 1.50. The second-order valence-corrected chi connectivity index (χ2v) is 7.42. The molecule has 0 aliphatic carbocycles. The number of fused-ring (bicyclic) bond motifs is 1. The Kier molecular flexibility index (Phi) is 4.26. The van der Waals surface area contributed by atoms with Gasteiger partial charge in [0, 0.05) is 18.4 Å². The van der Waals surface area contributed by atoms with Crippen molar-refractivity contribution in [1.82, 2.24) is 15.4 Å². The molecular weight excluding hydrogens is 372 g/mol. The van der Waals surface area contributed by atoms with Crippen LogP contribution in [0.5, 0.6) is 5.75 Å². The average molecular weight is 387 g/mol. The van der Waals surface area contributed by atoms with Gasteiger partial charge in [-0.05, 0) is 35.9 Å². The Labute approximate surface area is 158 Å². The maximum absolute atomic E-state index is 12.0. The van der Waals surface area contributed by atoms with Crippen LogP contribution >= 0.6 is 22.9 Å². The van der Waals surface area contributed by atoms with Crippen LogP contribution in [0.15, 0.2) is 47.5 Å². The lowest BCUT2D eigenvalue weighted by Crippen LogP contribution is -2.38. The highest BCUT2D eigenvalue weighted by molar-refractivity contribution is 7.22. The smallest absolute Gasteiger partial charge is 0.238 e. The zero-order chi connectivity index (χ0) is 18.3. The number of thiazole rings is 1. The first-order valence-corrected chi connectivity index (χ1v) is 9.18. The summed E-state index contributed by atoms with van der Waals surface area (Å²) in [5, 5.41) is 12.3. The third-order valence-corrected chi connectivity index (χ3v) is 5.28. The fraction of sp³-hybridized carbons (Fsp3) is 0.167. The Morgan fingerprint density at radius 3 is 2.85 bits per heavy atom. The summed E-state index contributed by atoms with van der Waals surface area (Å²) >= 11 is 7.47. The van der Waals surface area contributed by atoms with E-state index in [1.807, 2.05) is 12.1 Å². The zero-order valence-corrected chi connectivity index (χ0v) is 15.4. The predicted molar refractivity (Wildman–Crippen MR) is 103 cm³/mol. The number of benzene rings is 2. The minimum absolute atomic E-state index is 0.107. The molecule has 1 unspecified atom stereocenters. The number of hydrazine groups is 1. The summed E-state index contributed by atoms with van der Waals surface area (Å²) in [4.78, 5) is 21.1. The maximum atomic E-state index is 12.0. The Hall–Kier alpha value is -2.64. The van der Waals surface area contributed by atoms with Gasteiger partial charge in [0.05, 0.1) is 16.3 Å². The maximum Gasteiger partial charge on any atom is 0.238 e. The number of carbonyl (C=O) groups excluding carboxylic acids is 1. The minimum atomic E-state index is -0.185.